The fourth-order valence-corrected chi connectivity index (χ4v) is 2.75. The van der Waals surface area contributed by atoms with Crippen LogP contribution in [-0.2, 0) is 14.3 Å². The molecule has 2 fully saturated rings. The van der Waals surface area contributed by atoms with Crippen molar-refractivity contribution in [2.75, 3.05) is 25.7 Å². The van der Waals surface area contributed by atoms with Crippen molar-refractivity contribution in [3.8, 4) is 0 Å². The molecule has 2 saturated heterocycles. The highest BCUT2D eigenvalue weighted by atomic mass is 35.5. The standard InChI is InChI=1S/C12H20ClNO3/c1-9-6-10(7-17-9)11(15)14-12(8-13)2-4-16-5-3-12/h9-10H,2-8H2,1H3,(H,14,15). The first kappa shape index (κ1) is 13.1. The Morgan fingerprint density at radius 3 is 2.71 bits per heavy atom. The normalized spacial score (nSPS) is 32.4. The summed E-state index contributed by atoms with van der Waals surface area (Å²) in [4.78, 5) is 12.1. The summed E-state index contributed by atoms with van der Waals surface area (Å²) in [6, 6.07) is 0. The lowest BCUT2D eigenvalue weighted by molar-refractivity contribution is -0.127. The molecule has 2 rings (SSSR count). The molecule has 98 valence electrons. The van der Waals surface area contributed by atoms with E-state index in [9.17, 15) is 4.79 Å². The molecular formula is C12H20ClNO3. The lowest BCUT2D eigenvalue weighted by atomic mass is 9.91. The molecule has 0 aliphatic carbocycles. The van der Waals surface area contributed by atoms with Crippen molar-refractivity contribution in [2.24, 2.45) is 5.92 Å². The van der Waals surface area contributed by atoms with Crippen LogP contribution in [-0.4, -0.2) is 43.3 Å². The van der Waals surface area contributed by atoms with Crippen LogP contribution >= 0.6 is 11.6 Å². The third kappa shape index (κ3) is 3.12. The molecule has 4 nitrogen and oxygen atoms in total. The first-order chi connectivity index (χ1) is 8.15. The van der Waals surface area contributed by atoms with Gasteiger partial charge in [0.15, 0.2) is 0 Å². The van der Waals surface area contributed by atoms with E-state index in [4.69, 9.17) is 21.1 Å². The second-order valence-corrected chi connectivity index (χ2v) is 5.36. The van der Waals surface area contributed by atoms with Gasteiger partial charge in [0.1, 0.15) is 0 Å². The van der Waals surface area contributed by atoms with Crippen LogP contribution in [0, 0.1) is 5.92 Å². The Bertz CT molecular complexity index is 279. The average Bonchev–Trinajstić information content (AvgIpc) is 2.77. The lowest BCUT2D eigenvalue weighted by Gasteiger charge is -2.37. The van der Waals surface area contributed by atoms with E-state index in [-0.39, 0.29) is 23.5 Å². The maximum absolute atomic E-state index is 12.1. The summed E-state index contributed by atoms with van der Waals surface area (Å²) < 4.78 is 10.7. The summed E-state index contributed by atoms with van der Waals surface area (Å²) in [6.07, 6.45) is 2.59. The van der Waals surface area contributed by atoms with Crippen LogP contribution in [0.4, 0.5) is 0 Å². The number of carbonyl (C=O) groups excluding carboxylic acids is 1. The topological polar surface area (TPSA) is 47.6 Å². The molecule has 17 heavy (non-hydrogen) atoms. The predicted molar refractivity (Wildman–Crippen MR) is 65.2 cm³/mol. The molecule has 0 saturated carbocycles. The van der Waals surface area contributed by atoms with Crippen molar-refractivity contribution in [1.82, 2.24) is 5.32 Å². The zero-order chi connectivity index (χ0) is 12.3. The van der Waals surface area contributed by atoms with Gasteiger partial charge in [-0.2, -0.15) is 0 Å². The molecule has 2 aliphatic rings. The molecule has 0 bridgehead atoms. The van der Waals surface area contributed by atoms with Crippen molar-refractivity contribution in [3.05, 3.63) is 0 Å². The van der Waals surface area contributed by atoms with Gasteiger partial charge in [0.2, 0.25) is 5.91 Å². The lowest BCUT2D eigenvalue weighted by Crippen LogP contribution is -2.55. The molecule has 0 aromatic carbocycles. The van der Waals surface area contributed by atoms with E-state index in [1.165, 1.54) is 0 Å². The van der Waals surface area contributed by atoms with Gasteiger partial charge in [-0.15, -0.1) is 11.6 Å². The van der Waals surface area contributed by atoms with Gasteiger partial charge in [0.25, 0.3) is 0 Å². The summed E-state index contributed by atoms with van der Waals surface area (Å²) in [7, 11) is 0. The van der Waals surface area contributed by atoms with Gasteiger partial charge in [0, 0.05) is 19.1 Å². The third-order valence-corrected chi connectivity index (χ3v) is 4.17. The van der Waals surface area contributed by atoms with E-state index in [1.807, 2.05) is 6.92 Å². The molecule has 0 radical (unpaired) electrons. The number of hydrogen-bond donors (Lipinski definition) is 1. The Morgan fingerprint density at radius 1 is 1.47 bits per heavy atom. The van der Waals surface area contributed by atoms with Crippen molar-refractivity contribution in [3.63, 3.8) is 0 Å². The zero-order valence-electron chi connectivity index (χ0n) is 10.2. The molecule has 5 heteroatoms. The molecular weight excluding hydrogens is 242 g/mol. The maximum Gasteiger partial charge on any atom is 0.226 e. The van der Waals surface area contributed by atoms with Crippen LogP contribution in [0.5, 0.6) is 0 Å². The molecule has 0 aromatic heterocycles. The van der Waals surface area contributed by atoms with Crippen LogP contribution in [0.15, 0.2) is 0 Å². The van der Waals surface area contributed by atoms with E-state index in [2.05, 4.69) is 5.32 Å². The smallest absolute Gasteiger partial charge is 0.226 e. The van der Waals surface area contributed by atoms with Gasteiger partial charge >= 0.3 is 0 Å². The van der Waals surface area contributed by atoms with E-state index in [0.29, 0.717) is 25.7 Å². The molecule has 2 heterocycles. The SMILES string of the molecule is CC1CC(C(=O)NC2(CCl)CCOCC2)CO1. The van der Waals surface area contributed by atoms with Gasteiger partial charge in [-0.05, 0) is 26.2 Å². The Kier molecular flexibility index (Phi) is 4.28. The number of hydrogen-bond acceptors (Lipinski definition) is 3. The molecule has 0 spiro atoms. The molecule has 2 atom stereocenters. The minimum Gasteiger partial charge on any atom is -0.381 e. The van der Waals surface area contributed by atoms with E-state index < -0.39 is 0 Å². The fraction of sp³-hybridized carbons (Fsp3) is 0.917. The predicted octanol–water partition coefficient (Wildman–Crippen LogP) is 1.32. The number of ether oxygens (including phenoxy) is 2. The molecule has 2 aliphatic heterocycles. The Hall–Kier alpha value is -0.320. The van der Waals surface area contributed by atoms with E-state index >= 15 is 0 Å². The number of alkyl halides is 1. The Balaban J connectivity index is 1.91. The molecule has 2 unspecified atom stereocenters. The van der Waals surface area contributed by atoms with Crippen LogP contribution < -0.4 is 5.32 Å². The summed E-state index contributed by atoms with van der Waals surface area (Å²) in [5.41, 5.74) is -0.275. The van der Waals surface area contributed by atoms with Crippen LogP contribution in [0.3, 0.4) is 0 Å². The number of halogens is 1. The minimum absolute atomic E-state index is 0.0204. The monoisotopic (exact) mass is 261 g/mol. The van der Waals surface area contributed by atoms with E-state index in [0.717, 1.165) is 19.3 Å². The Labute approximate surface area is 107 Å². The van der Waals surface area contributed by atoms with Gasteiger partial charge in [0.05, 0.1) is 24.2 Å². The zero-order valence-corrected chi connectivity index (χ0v) is 11.0. The van der Waals surface area contributed by atoms with Gasteiger partial charge in [-0.25, -0.2) is 0 Å². The quantitative estimate of drug-likeness (QED) is 0.780. The van der Waals surface area contributed by atoms with Crippen LogP contribution in [0.1, 0.15) is 26.2 Å². The maximum atomic E-state index is 12.1. The van der Waals surface area contributed by atoms with Crippen molar-refractivity contribution < 1.29 is 14.3 Å². The van der Waals surface area contributed by atoms with Gasteiger partial charge in [-0.1, -0.05) is 0 Å². The highest BCUT2D eigenvalue weighted by molar-refractivity contribution is 6.18. The van der Waals surface area contributed by atoms with Crippen molar-refractivity contribution >= 4 is 17.5 Å². The molecule has 0 aromatic rings. The number of rotatable bonds is 3. The number of carbonyl (C=O) groups is 1. The average molecular weight is 262 g/mol. The summed E-state index contributed by atoms with van der Waals surface area (Å²) in [6.45, 7) is 3.87. The fourth-order valence-electron chi connectivity index (χ4n) is 2.42. The second kappa shape index (κ2) is 5.55. The highest BCUT2D eigenvalue weighted by Gasteiger charge is 2.37. The van der Waals surface area contributed by atoms with Crippen LogP contribution in [0.25, 0.3) is 0 Å². The summed E-state index contributed by atoms with van der Waals surface area (Å²) in [5, 5.41) is 3.11. The molecule has 1 amide bonds. The largest absolute Gasteiger partial charge is 0.381 e. The first-order valence-corrected chi connectivity index (χ1v) is 6.76. The van der Waals surface area contributed by atoms with Gasteiger partial charge in [-0.3, -0.25) is 4.79 Å². The highest BCUT2D eigenvalue weighted by Crippen LogP contribution is 2.25. The number of amides is 1. The van der Waals surface area contributed by atoms with Crippen molar-refractivity contribution in [2.45, 2.75) is 37.8 Å². The minimum atomic E-state index is -0.275. The number of nitrogens with one attached hydrogen (secondary N) is 1. The second-order valence-electron chi connectivity index (χ2n) is 5.09. The summed E-state index contributed by atoms with van der Waals surface area (Å²) in [5.74, 6) is 0.510. The summed E-state index contributed by atoms with van der Waals surface area (Å²) >= 11 is 6.02. The Morgan fingerprint density at radius 2 is 2.18 bits per heavy atom. The van der Waals surface area contributed by atoms with Gasteiger partial charge < -0.3 is 14.8 Å². The van der Waals surface area contributed by atoms with Crippen molar-refractivity contribution in [1.29, 1.82) is 0 Å². The van der Waals surface area contributed by atoms with E-state index in [1.54, 1.807) is 0 Å². The van der Waals surface area contributed by atoms with Crippen LogP contribution in [0.2, 0.25) is 0 Å². The third-order valence-electron chi connectivity index (χ3n) is 3.66. The first-order valence-electron chi connectivity index (χ1n) is 6.22. The molecule has 1 N–H and O–H groups in total.